The Kier molecular flexibility index (Phi) is 7.23. The van der Waals surface area contributed by atoms with Crippen LogP contribution in [0.4, 0.5) is 0 Å². The summed E-state index contributed by atoms with van der Waals surface area (Å²) in [6.45, 7) is 6.08. The fourth-order valence-corrected chi connectivity index (χ4v) is 4.63. The molecular weight excluding hydrogens is 375 g/mol. The van der Waals surface area contributed by atoms with Crippen molar-refractivity contribution < 1.29 is 9.84 Å². The van der Waals surface area contributed by atoms with Crippen molar-refractivity contribution in [2.75, 3.05) is 4.43 Å². The van der Waals surface area contributed by atoms with Crippen molar-refractivity contribution in [1.29, 1.82) is 0 Å². The van der Waals surface area contributed by atoms with E-state index in [1.165, 1.54) is 37.7 Å². The Balaban J connectivity index is 1.86. The summed E-state index contributed by atoms with van der Waals surface area (Å²) in [6, 6.07) is 0. The van der Waals surface area contributed by atoms with Gasteiger partial charge in [-0.1, -0.05) is 53.2 Å². The Bertz CT molecular complexity index is 366. The fraction of sp³-hybridized carbons (Fsp3) is 0.778. The molecule has 0 radical (unpaired) electrons. The molecule has 1 aliphatic heterocycles. The minimum Gasteiger partial charge on any atom is -0.368 e. The Hall–Kier alpha value is 0.130. The molecule has 120 valence electrons. The second-order valence-corrected chi connectivity index (χ2v) is 7.58. The normalized spacial score (nSPS) is 35.5. The summed E-state index contributed by atoms with van der Waals surface area (Å²) >= 11 is 2.38. The summed E-state index contributed by atoms with van der Waals surface area (Å²) in [4.78, 5) is 0. The molecule has 2 rings (SSSR count). The van der Waals surface area contributed by atoms with Crippen LogP contribution in [-0.4, -0.2) is 21.9 Å². The summed E-state index contributed by atoms with van der Waals surface area (Å²) in [5.74, 6) is 1.34. The summed E-state index contributed by atoms with van der Waals surface area (Å²) in [6.07, 6.45) is 12.8. The molecule has 0 saturated carbocycles. The molecule has 1 heterocycles. The first kappa shape index (κ1) is 17.5. The average molecular weight is 404 g/mol. The molecular formula is C18H29IO2. The molecule has 1 N–H and O–H groups in total. The van der Waals surface area contributed by atoms with Crippen LogP contribution in [0.1, 0.15) is 51.9 Å². The molecule has 21 heavy (non-hydrogen) atoms. The first-order valence-electron chi connectivity index (χ1n) is 8.34. The van der Waals surface area contributed by atoms with Crippen LogP contribution in [0.25, 0.3) is 0 Å². The van der Waals surface area contributed by atoms with Crippen LogP contribution in [0.15, 0.2) is 24.3 Å². The van der Waals surface area contributed by atoms with E-state index < -0.39 is 6.29 Å². The Morgan fingerprint density at radius 3 is 2.90 bits per heavy atom. The maximum atomic E-state index is 10.3. The van der Waals surface area contributed by atoms with Crippen molar-refractivity contribution >= 4 is 22.6 Å². The largest absolute Gasteiger partial charge is 0.368 e. The van der Waals surface area contributed by atoms with Crippen molar-refractivity contribution in [2.24, 2.45) is 17.8 Å². The van der Waals surface area contributed by atoms with E-state index in [-0.39, 0.29) is 6.10 Å². The minimum atomic E-state index is -0.557. The van der Waals surface area contributed by atoms with Gasteiger partial charge in [0.25, 0.3) is 0 Å². The van der Waals surface area contributed by atoms with Gasteiger partial charge in [0.1, 0.15) is 0 Å². The highest BCUT2D eigenvalue weighted by Gasteiger charge is 2.45. The zero-order valence-corrected chi connectivity index (χ0v) is 15.3. The number of ether oxygens (including phenoxy) is 1. The molecule has 5 unspecified atom stereocenters. The lowest BCUT2D eigenvalue weighted by molar-refractivity contribution is -0.111. The Morgan fingerprint density at radius 1 is 1.38 bits per heavy atom. The van der Waals surface area contributed by atoms with Gasteiger partial charge in [0.2, 0.25) is 0 Å². The molecule has 5 atom stereocenters. The lowest BCUT2D eigenvalue weighted by Gasteiger charge is -2.27. The summed E-state index contributed by atoms with van der Waals surface area (Å²) < 4.78 is 6.75. The molecule has 1 saturated heterocycles. The third kappa shape index (κ3) is 4.80. The molecule has 0 aromatic carbocycles. The topological polar surface area (TPSA) is 29.5 Å². The number of aliphatic hydroxyl groups excluding tert-OH is 1. The molecule has 2 aliphatic rings. The van der Waals surface area contributed by atoms with Crippen molar-refractivity contribution in [1.82, 2.24) is 0 Å². The highest BCUT2D eigenvalue weighted by Crippen LogP contribution is 2.43. The van der Waals surface area contributed by atoms with Crippen LogP contribution in [0.5, 0.6) is 0 Å². The van der Waals surface area contributed by atoms with Crippen molar-refractivity contribution in [3.05, 3.63) is 24.3 Å². The second kappa shape index (κ2) is 8.68. The van der Waals surface area contributed by atoms with Crippen molar-refractivity contribution in [3.8, 4) is 0 Å². The number of fused-ring (bicyclic) bond motifs is 1. The van der Waals surface area contributed by atoms with Gasteiger partial charge in [-0.2, -0.15) is 0 Å². The van der Waals surface area contributed by atoms with Gasteiger partial charge in [-0.05, 0) is 44.9 Å². The van der Waals surface area contributed by atoms with E-state index in [1.807, 2.05) is 0 Å². The Labute approximate surface area is 143 Å². The molecule has 0 bridgehead atoms. The monoisotopic (exact) mass is 404 g/mol. The van der Waals surface area contributed by atoms with E-state index in [0.29, 0.717) is 17.8 Å². The molecule has 0 spiro atoms. The number of unbranched alkanes of at least 4 members (excludes halogenated alkanes) is 2. The highest BCUT2D eigenvalue weighted by atomic mass is 127. The van der Waals surface area contributed by atoms with Crippen LogP contribution in [-0.2, 0) is 4.74 Å². The van der Waals surface area contributed by atoms with Crippen molar-refractivity contribution in [3.63, 3.8) is 0 Å². The third-order valence-corrected chi connectivity index (χ3v) is 5.82. The van der Waals surface area contributed by atoms with Crippen LogP contribution >= 0.6 is 22.6 Å². The van der Waals surface area contributed by atoms with Crippen LogP contribution < -0.4 is 0 Å². The summed E-state index contributed by atoms with van der Waals surface area (Å²) in [5, 5.41) is 10.3. The van der Waals surface area contributed by atoms with Gasteiger partial charge in [-0.3, -0.25) is 0 Å². The van der Waals surface area contributed by atoms with Crippen LogP contribution in [0.3, 0.4) is 0 Å². The molecule has 3 heteroatoms. The van der Waals surface area contributed by atoms with Gasteiger partial charge >= 0.3 is 0 Å². The van der Waals surface area contributed by atoms with E-state index >= 15 is 0 Å². The number of halogens is 1. The van der Waals surface area contributed by atoms with E-state index in [1.54, 1.807) is 0 Å². The molecule has 1 aliphatic carbocycles. The van der Waals surface area contributed by atoms with Gasteiger partial charge < -0.3 is 9.84 Å². The van der Waals surface area contributed by atoms with Crippen molar-refractivity contribution in [2.45, 2.75) is 64.3 Å². The van der Waals surface area contributed by atoms with E-state index in [4.69, 9.17) is 4.74 Å². The first-order chi connectivity index (χ1) is 10.1. The Morgan fingerprint density at radius 2 is 2.19 bits per heavy atom. The highest BCUT2D eigenvalue weighted by molar-refractivity contribution is 14.1. The fourth-order valence-electron chi connectivity index (χ4n) is 3.84. The zero-order chi connectivity index (χ0) is 15.2. The molecule has 0 aromatic rings. The number of aliphatic hydroxyl groups is 1. The van der Waals surface area contributed by atoms with E-state index in [2.05, 4.69) is 48.2 Å². The predicted molar refractivity (Wildman–Crippen MR) is 96.5 cm³/mol. The zero-order valence-electron chi connectivity index (χ0n) is 13.1. The first-order valence-corrected chi connectivity index (χ1v) is 9.86. The van der Waals surface area contributed by atoms with E-state index in [0.717, 1.165) is 17.3 Å². The summed E-state index contributed by atoms with van der Waals surface area (Å²) in [5.41, 5.74) is 1.29. The molecule has 1 fully saturated rings. The summed E-state index contributed by atoms with van der Waals surface area (Å²) in [7, 11) is 0. The van der Waals surface area contributed by atoms with Gasteiger partial charge in [0.05, 0.1) is 6.10 Å². The number of allylic oxidation sites excluding steroid dienone is 2. The lowest BCUT2D eigenvalue weighted by Crippen LogP contribution is -2.28. The van der Waals surface area contributed by atoms with Crippen LogP contribution in [0.2, 0.25) is 0 Å². The number of alkyl halides is 1. The van der Waals surface area contributed by atoms with Crippen LogP contribution in [0, 0.1) is 17.8 Å². The number of rotatable bonds is 7. The quantitative estimate of drug-likeness (QED) is 0.284. The van der Waals surface area contributed by atoms with Gasteiger partial charge in [0, 0.05) is 16.3 Å². The average Bonchev–Trinajstić information content (AvgIpc) is 2.63. The van der Waals surface area contributed by atoms with Gasteiger partial charge in [-0.15, -0.1) is 6.58 Å². The SMILES string of the molecule is C=C(C)CCCCCC1CCC=CC2C(CI)OC(O)C12. The van der Waals surface area contributed by atoms with E-state index in [9.17, 15) is 5.11 Å². The number of hydrogen-bond acceptors (Lipinski definition) is 2. The second-order valence-electron chi connectivity index (χ2n) is 6.70. The number of hydrogen-bond donors (Lipinski definition) is 1. The van der Waals surface area contributed by atoms with Gasteiger partial charge in [0.15, 0.2) is 6.29 Å². The molecule has 0 amide bonds. The minimum absolute atomic E-state index is 0.200. The predicted octanol–water partition coefficient (Wildman–Crippen LogP) is 4.86. The molecule has 0 aromatic heterocycles. The maximum Gasteiger partial charge on any atom is 0.158 e. The van der Waals surface area contributed by atoms with Gasteiger partial charge in [-0.25, -0.2) is 0 Å². The molecule has 2 nitrogen and oxygen atoms in total. The smallest absolute Gasteiger partial charge is 0.158 e. The maximum absolute atomic E-state index is 10.3. The lowest BCUT2D eigenvalue weighted by atomic mass is 9.78. The standard InChI is InChI=1S/C18H29IO2/c1-13(2)8-4-3-5-9-14-10-6-7-11-15-16(12-19)21-18(20)17(14)15/h7,11,14-18,20H,1,3-6,8-10,12H2,2H3. The third-order valence-electron chi connectivity index (χ3n) is 4.95.